The SMILES string of the molecule is CC(C)C(=O)C1CC(c2ccccc2)CCC1=O. The Morgan fingerprint density at radius 2 is 1.89 bits per heavy atom. The minimum absolute atomic E-state index is 0.0477. The van der Waals surface area contributed by atoms with Crippen molar-refractivity contribution in [2.24, 2.45) is 11.8 Å². The van der Waals surface area contributed by atoms with Gasteiger partial charge < -0.3 is 0 Å². The van der Waals surface area contributed by atoms with Crippen molar-refractivity contribution in [1.82, 2.24) is 0 Å². The van der Waals surface area contributed by atoms with Crippen molar-refractivity contribution in [3.63, 3.8) is 0 Å². The maximum absolute atomic E-state index is 12.1. The number of rotatable bonds is 3. The summed E-state index contributed by atoms with van der Waals surface area (Å²) in [6.07, 6.45) is 2.12. The van der Waals surface area contributed by atoms with Gasteiger partial charge in [-0.1, -0.05) is 44.2 Å². The van der Waals surface area contributed by atoms with Crippen LogP contribution in [0.3, 0.4) is 0 Å². The van der Waals surface area contributed by atoms with Crippen molar-refractivity contribution in [3.05, 3.63) is 35.9 Å². The number of hydrogen-bond donors (Lipinski definition) is 0. The molecule has 0 saturated heterocycles. The molecule has 0 aromatic heterocycles. The molecule has 1 aromatic carbocycles. The highest BCUT2D eigenvalue weighted by molar-refractivity contribution is 6.03. The molecule has 1 saturated carbocycles. The smallest absolute Gasteiger partial charge is 0.145 e. The molecule has 1 fully saturated rings. The minimum atomic E-state index is -0.371. The fraction of sp³-hybridized carbons (Fsp3) is 0.500. The summed E-state index contributed by atoms with van der Waals surface area (Å²) in [5, 5.41) is 0. The van der Waals surface area contributed by atoms with E-state index in [1.54, 1.807) is 0 Å². The zero-order valence-electron chi connectivity index (χ0n) is 11.1. The van der Waals surface area contributed by atoms with Crippen LogP contribution < -0.4 is 0 Å². The number of benzene rings is 1. The third-order valence-electron chi connectivity index (χ3n) is 3.83. The molecule has 96 valence electrons. The van der Waals surface area contributed by atoms with Gasteiger partial charge in [-0.2, -0.15) is 0 Å². The van der Waals surface area contributed by atoms with Gasteiger partial charge in [-0.05, 0) is 24.3 Å². The molecule has 1 aliphatic rings. The van der Waals surface area contributed by atoms with Crippen LogP contribution >= 0.6 is 0 Å². The van der Waals surface area contributed by atoms with E-state index in [4.69, 9.17) is 0 Å². The monoisotopic (exact) mass is 244 g/mol. The van der Waals surface area contributed by atoms with Crippen LogP contribution in [-0.4, -0.2) is 11.6 Å². The first kappa shape index (κ1) is 13.0. The highest BCUT2D eigenvalue weighted by Crippen LogP contribution is 2.35. The first-order valence-electron chi connectivity index (χ1n) is 6.71. The average molecular weight is 244 g/mol. The summed E-state index contributed by atoms with van der Waals surface area (Å²) in [5.74, 6) is 0.190. The van der Waals surface area contributed by atoms with Gasteiger partial charge in [-0.25, -0.2) is 0 Å². The van der Waals surface area contributed by atoms with Crippen molar-refractivity contribution in [2.45, 2.75) is 39.0 Å². The summed E-state index contributed by atoms with van der Waals surface area (Å²) < 4.78 is 0. The molecule has 1 aromatic rings. The van der Waals surface area contributed by atoms with Gasteiger partial charge in [-0.15, -0.1) is 0 Å². The van der Waals surface area contributed by atoms with Crippen molar-refractivity contribution < 1.29 is 9.59 Å². The van der Waals surface area contributed by atoms with E-state index in [1.807, 2.05) is 32.0 Å². The lowest BCUT2D eigenvalue weighted by Gasteiger charge is -2.28. The number of carbonyl (C=O) groups excluding carboxylic acids is 2. The van der Waals surface area contributed by atoms with Crippen LogP contribution in [0.2, 0.25) is 0 Å². The second-order valence-electron chi connectivity index (χ2n) is 5.46. The molecule has 18 heavy (non-hydrogen) atoms. The van der Waals surface area contributed by atoms with E-state index in [9.17, 15) is 9.59 Å². The van der Waals surface area contributed by atoms with Crippen LogP contribution in [-0.2, 0) is 9.59 Å². The summed E-state index contributed by atoms with van der Waals surface area (Å²) in [6, 6.07) is 10.2. The summed E-state index contributed by atoms with van der Waals surface area (Å²) >= 11 is 0. The Bertz CT molecular complexity index is 434. The van der Waals surface area contributed by atoms with Crippen molar-refractivity contribution in [1.29, 1.82) is 0 Å². The Hall–Kier alpha value is -1.44. The van der Waals surface area contributed by atoms with Crippen molar-refractivity contribution >= 4 is 11.6 Å². The molecule has 0 spiro atoms. The molecule has 0 bridgehead atoms. The first-order valence-corrected chi connectivity index (χ1v) is 6.71. The predicted molar refractivity (Wildman–Crippen MR) is 71.4 cm³/mol. The number of Topliss-reactive ketones (excluding diaryl/α,β-unsaturated/α-hetero) is 2. The highest BCUT2D eigenvalue weighted by atomic mass is 16.2. The Balaban J connectivity index is 2.14. The molecule has 1 aliphatic carbocycles. The number of hydrogen-bond acceptors (Lipinski definition) is 2. The molecule has 0 heterocycles. The Morgan fingerprint density at radius 3 is 2.50 bits per heavy atom. The van der Waals surface area contributed by atoms with Crippen LogP contribution in [0.25, 0.3) is 0 Å². The Morgan fingerprint density at radius 1 is 1.22 bits per heavy atom. The van der Waals surface area contributed by atoms with Gasteiger partial charge in [0.05, 0.1) is 5.92 Å². The number of ketones is 2. The Labute approximate surface area is 108 Å². The maximum Gasteiger partial charge on any atom is 0.145 e. The van der Waals surface area contributed by atoms with E-state index in [1.165, 1.54) is 5.56 Å². The molecule has 0 aliphatic heterocycles. The molecule has 0 amide bonds. The first-order chi connectivity index (χ1) is 8.59. The van der Waals surface area contributed by atoms with Gasteiger partial charge in [0, 0.05) is 12.3 Å². The lowest BCUT2D eigenvalue weighted by molar-refractivity contribution is -0.136. The van der Waals surface area contributed by atoms with Crippen LogP contribution in [0.4, 0.5) is 0 Å². The zero-order valence-corrected chi connectivity index (χ0v) is 11.1. The fourth-order valence-corrected chi connectivity index (χ4v) is 2.73. The van der Waals surface area contributed by atoms with E-state index in [-0.39, 0.29) is 23.4 Å². The van der Waals surface area contributed by atoms with Crippen LogP contribution in [0.15, 0.2) is 30.3 Å². The third-order valence-corrected chi connectivity index (χ3v) is 3.83. The molecule has 2 atom stereocenters. The lowest BCUT2D eigenvalue weighted by atomic mass is 9.74. The van der Waals surface area contributed by atoms with Crippen molar-refractivity contribution in [2.75, 3.05) is 0 Å². The second-order valence-corrected chi connectivity index (χ2v) is 5.46. The van der Waals surface area contributed by atoms with E-state index in [0.717, 1.165) is 6.42 Å². The van der Waals surface area contributed by atoms with Gasteiger partial charge in [0.1, 0.15) is 11.6 Å². The highest BCUT2D eigenvalue weighted by Gasteiger charge is 2.34. The second kappa shape index (κ2) is 5.47. The molecular formula is C16H20O2. The summed E-state index contributed by atoms with van der Waals surface area (Å²) in [5.41, 5.74) is 1.26. The molecule has 0 radical (unpaired) electrons. The average Bonchev–Trinajstić information content (AvgIpc) is 2.39. The summed E-state index contributed by atoms with van der Waals surface area (Å²) in [6.45, 7) is 3.75. The topological polar surface area (TPSA) is 34.1 Å². The molecule has 2 unspecified atom stereocenters. The van der Waals surface area contributed by atoms with E-state index >= 15 is 0 Å². The molecule has 2 heteroatoms. The van der Waals surface area contributed by atoms with E-state index < -0.39 is 0 Å². The summed E-state index contributed by atoms with van der Waals surface area (Å²) in [4.78, 5) is 24.0. The minimum Gasteiger partial charge on any atom is -0.299 e. The quantitative estimate of drug-likeness (QED) is 0.764. The lowest BCUT2D eigenvalue weighted by Crippen LogP contribution is -2.33. The molecule has 0 N–H and O–H groups in total. The molecule has 2 nitrogen and oxygen atoms in total. The van der Waals surface area contributed by atoms with Gasteiger partial charge in [0.25, 0.3) is 0 Å². The van der Waals surface area contributed by atoms with Gasteiger partial charge in [-0.3, -0.25) is 9.59 Å². The van der Waals surface area contributed by atoms with E-state index in [0.29, 0.717) is 18.8 Å². The van der Waals surface area contributed by atoms with E-state index in [2.05, 4.69) is 12.1 Å². The third kappa shape index (κ3) is 2.69. The predicted octanol–water partition coefficient (Wildman–Crippen LogP) is 3.36. The van der Waals surface area contributed by atoms with Gasteiger partial charge in [0.15, 0.2) is 0 Å². The van der Waals surface area contributed by atoms with Gasteiger partial charge >= 0.3 is 0 Å². The van der Waals surface area contributed by atoms with Crippen LogP contribution in [0.5, 0.6) is 0 Å². The largest absolute Gasteiger partial charge is 0.299 e. The van der Waals surface area contributed by atoms with Crippen molar-refractivity contribution in [3.8, 4) is 0 Å². The maximum atomic E-state index is 12.1. The fourth-order valence-electron chi connectivity index (χ4n) is 2.73. The summed E-state index contributed by atoms with van der Waals surface area (Å²) in [7, 11) is 0. The zero-order chi connectivity index (χ0) is 13.1. The normalized spacial score (nSPS) is 24.3. The van der Waals surface area contributed by atoms with Crippen LogP contribution in [0.1, 0.15) is 44.6 Å². The number of carbonyl (C=O) groups is 2. The van der Waals surface area contributed by atoms with Gasteiger partial charge in [0.2, 0.25) is 0 Å². The molecule has 2 rings (SSSR count). The van der Waals surface area contributed by atoms with Crippen LogP contribution in [0, 0.1) is 11.8 Å². The standard InChI is InChI=1S/C16H20O2/c1-11(2)16(18)14-10-13(8-9-15(14)17)12-6-4-3-5-7-12/h3-7,11,13-14H,8-10H2,1-2H3. The molecular weight excluding hydrogens is 224 g/mol. The Kier molecular flexibility index (Phi) is 3.95.